The fourth-order valence-corrected chi connectivity index (χ4v) is 2.61. The monoisotopic (exact) mass is 326 g/mol. The summed E-state index contributed by atoms with van der Waals surface area (Å²) in [6.45, 7) is 8.77. The lowest BCUT2D eigenvalue weighted by Crippen LogP contribution is -2.44. The van der Waals surface area contributed by atoms with Crippen molar-refractivity contribution in [2.45, 2.75) is 13.3 Å². The molecule has 1 aromatic carbocycles. The number of ether oxygens (including phenoxy) is 1. The molecule has 1 aromatic rings. The molecule has 0 aromatic heterocycles. The minimum Gasteiger partial charge on any atom is -0.493 e. The Kier molecular flexibility index (Phi) is 5.67. The summed E-state index contributed by atoms with van der Waals surface area (Å²) in [7, 11) is 2.19. The second-order valence-electron chi connectivity index (χ2n) is 5.26. The molecular weight excluding hydrogens is 304 g/mol. The van der Waals surface area contributed by atoms with E-state index in [1.807, 2.05) is 12.1 Å². The maximum absolute atomic E-state index is 5.86. The number of nitrogens with zero attached hydrogens (tertiary/aromatic N) is 2. The van der Waals surface area contributed by atoms with Crippen LogP contribution in [-0.2, 0) is 0 Å². The zero-order chi connectivity index (χ0) is 13.7. The molecule has 2 rings (SSSR count). The Morgan fingerprint density at radius 1 is 1.21 bits per heavy atom. The third-order valence-electron chi connectivity index (χ3n) is 3.62. The van der Waals surface area contributed by atoms with Crippen molar-refractivity contribution in [2.75, 3.05) is 46.4 Å². The number of piperazine rings is 1. The molecule has 3 nitrogen and oxygen atoms in total. The maximum atomic E-state index is 5.86. The largest absolute Gasteiger partial charge is 0.493 e. The van der Waals surface area contributed by atoms with E-state index in [1.54, 1.807) is 0 Å². The molecule has 1 heterocycles. The molecule has 4 heteroatoms. The van der Waals surface area contributed by atoms with Crippen LogP contribution in [0.3, 0.4) is 0 Å². The van der Waals surface area contributed by atoms with E-state index in [0.29, 0.717) is 0 Å². The number of hydrogen-bond acceptors (Lipinski definition) is 3. The van der Waals surface area contributed by atoms with Crippen LogP contribution in [0.25, 0.3) is 0 Å². The summed E-state index contributed by atoms with van der Waals surface area (Å²) in [5.74, 6) is 0.993. The van der Waals surface area contributed by atoms with E-state index in [2.05, 4.69) is 45.8 Å². The van der Waals surface area contributed by atoms with Gasteiger partial charge in [-0.25, -0.2) is 0 Å². The minimum absolute atomic E-state index is 0.795. The van der Waals surface area contributed by atoms with Crippen molar-refractivity contribution in [3.05, 3.63) is 28.2 Å². The third-order valence-corrected chi connectivity index (χ3v) is 4.12. The Hall–Kier alpha value is -0.580. The number of rotatable bonds is 5. The Labute approximate surface area is 124 Å². The van der Waals surface area contributed by atoms with Gasteiger partial charge in [0.1, 0.15) is 5.75 Å². The van der Waals surface area contributed by atoms with E-state index in [0.717, 1.165) is 29.8 Å². The highest BCUT2D eigenvalue weighted by atomic mass is 79.9. The van der Waals surface area contributed by atoms with Crippen LogP contribution in [-0.4, -0.2) is 56.2 Å². The Morgan fingerprint density at radius 2 is 1.95 bits per heavy atom. The van der Waals surface area contributed by atoms with Crippen molar-refractivity contribution in [2.24, 2.45) is 0 Å². The molecule has 0 saturated carbocycles. The lowest BCUT2D eigenvalue weighted by molar-refractivity contribution is 0.145. The van der Waals surface area contributed by atoms with Gasteiger partial charge in [0.2, 0.25) is 0 Å². The number of halogens is 1. The zero-order valence-electron chi connectivity index (χ0n) is 11.9. The first-order chi connectivity index (χ1) is 9.15. The summed E-state index contributed by atoms with van der Waals surface area (Å²) in [5, 5.41) is 0. The molecule has 1 fully saturated rings. The smallest absolute Gasteiger partial charge is 0.123 e. The molecule has 1 aliphatic heterocycles. The van der Waals surface area contributed by atoms with E-state index >= 15 is 0 Å². The highest BCUT2D eigenvalue weighted by molar-refractivity contribution is 9.10. The first kappa shape index (κ1) is 14.8. The summed E-state index contributed by atoms with van der Waals surface area (Å²) >= 11 is 3.48. The fourth-order valence-electron chi connectivity index (χ4n) is 2.27. The molecule has 0 atom stereocenters. The van der Waals surface area contributed by atoms with Gasteiger partial charge in [-0.05, 0) is 38.1 Å². The molecule has 0 N–H and O–H groups in total. The van der Waals surface area contributed by atoms with Gasteiger partial charge >= 0.3 is 0 Å². The number of hydrogen-bond donors (Lipinski definition) is 0. The van der Waals surface area contributed by atoms with Crippen molar-refractivity contribution >= 4 is 15.9 Å². The van der Waals surface area contributed by atoms with Crippen LogP contribution >= 0.6 is 15.9 Å². The van der Waals surface area contributed by atoms with Crippen molar-refractivity contribution in [3.8, 4) is 5.75 Å². The van der Waals surface area contributed by atoms with Crippen LogP contribution in [0.1, 0.15) is 12.0 Å². The third kappa shape index (κ3) is 4.79. The van der Waals surface area contributed by atoms with Gasteiger partial charge in [-0.15, -0.1) is 0 Å². The van der Waals surface area contributed by atoms with Crippen LogP contribution in [0.5, 0.6) is 5.75 Å². The fraction of sp³-hybridized carbons (Fsp3) is 0.600. The van der Waals surface area contributed by atoms with Gasteiger partial charge in [-0.3, -0.25) is 0 Å². The molecule has 1 saturated heterocycles. The normalized spacial score (nSPS) is 17.6. The van der Waals surface area contributed by atoms with E-state index in [1.165, 1.54) is 31.7 Å². The van der Waals surface area contributed by atoms with Gasteiger partial charge in [-0.2, -0.15) is 0 Å². The highest BCUT2D eigenvalue weighted by Crippen LogP contribution is 2.22. The quantitative estimate of drug-likeness (QED) is 0.774. The predicted molar refractivity (Wildman–Crippen MR) is 82.9 cm³/mol. The van der Waals surface area contributed by atoms with Crippen molar-refractivity contribution in [1.82, 2.24) is 9.80 Å². The molecule has 0 spiro atoms. The average Bonchev–Trinajstić information content (AvgIpc) is 2.40. The first-order valence-corrected chi connectivity index (χ1v) is 7.74. The minimum atomic E-state index is 0.795. The van der Waals surface area contributed by atoms with Crippen LogP contribution in [0.2, 0.25) is 0 Å². The van der Waals surface area contributed by atoms with Crippen LogP contribution in [0.4, 0.5) is 0 Å². The van der Waals surface area contributed by atoms with Gasteiger partial charge in [-0.1, -0.05) is 22.0 Å². The van der Waals surface area contributed by atoms with Gasteiger partial charge < -0.3 is 14.5 Å². The first-order valence-electron chi connectivity index (χ1n) is 6.95. The molecule has 0 bridgehead atoms. The summed E-state index contributed by atoms with van der Waals surface area (Å²) in [4.78, 5) is 4.91. The second kappa shape index (κ2) is 7.27. The molecule has 0 aliphatic carbocycles. The number of aryl methyl sites for hydroxylation is 1. The standard InChI is InChI=1S/C15H23BrN2O/c1-13-4-5-14(16)12-15(13)19-11-3-6-18-9-7-17(2)8-10-18/h4-5,12H,3,6-11H2,1-2H3. The van der Waals surface area contributed by atoms with E-state index < -0.39 is 0 Å². The van der Waals surface area contributed by atoms with Crippen molar-refractivity contribution in [1.29, 1.82) is 0 Å². The SMILES string of the molecule is Cc1ccc(Br)cc1OCCCN1CCN(C)CC1. The highest BCUT2D eigenvalue weighted by Gasteiger charge is 2.12. The lowest BCUT2D eigenvalue weighted by Gasteiger charge is -2.32. The van der Waals surface area contributed by atoms with Crippen LogP contribution in [0.15, 0.2) is 22.7 Å². The molecule has 19 heavy (non-hydrogen) atoms. The van der Waals surface area contributed by atoms with E-state index in [4.69, 9.17) is 4.74 Å². The van der Waals surface area contributed by atoms with Gasteiger partial charge in [0.25, 0.3) is 0 Å². The molecular formula is C15H23BrN2O. The molecule has 0 radical (unpaired) electrons. The predicted octanol–water partition coefficient (Wildman–Crippen LogP) is 2.77. The summed E-state index contributed by atoms with van der Waals surface area (Å²) in [5.41, 5.74) is 1.20. The zero-order valence-corrected chi connectivity index (χ0v) is 13.4. The van der Waals surface area contributed by atoms with Gasteiger partial charge in [0, 0.05) is 37.2 Å². The van der Waals surface area contributed by atoms with Crippen LogP contribution < -0.4 is 4.74 Å². The molecule has 106 valence electrons. The van der Waals surface area contributed by atoms with Gasteiger partial charge in [0.15, 0.2) is 0 Å². The van der Waals surface area contributed by atoms with Crippen molar-refractivity contribution < 1.29 is 4.74 Å². The van der Waals surface area contributed by atoms with Gasteiger partial charge in [0.05, 0.1) is 6.61 Å². The average molecular weight is 327 g/mol. The number of likely N-dealkylation sites (N-methyl/N-ethyl adjacent to an activating group) is 1. The molecule has 1 aliphatic rings. The summed E-state index contributed by atoms with van der Waals surface area (Å²) in [6, 6.07) is 6.18. The Balaban J connectivity index is 1.68. The summed E-state index contributed by atoms with van der Waals surface area (Å²) in [6.07, 6.45) is 1.09. The topological polar surface area (TPSA) is 15.7 Å². The van der Waals surface area contributed by atoms with Crippen LogP contribution in [0, 0.1) is 6.92 Å². The van der Waals surface area contributed by atoms with E-state index in [-0.39, 0.29) is 0 Å². The van der Waals surface area contributed by atoms with E-state index in [9.17, 15) is 0 Å². The Bertz CT molecular complexity index is 403. The molecule has 0 amide bonds. The molecule has 0 unspecified atom stereocenters. The Morgan fingerprint density at radius 3 is 2.68 bits per heavy atom. The second-order valence-corrected chi connectivity index (χ2v) is 6.17. The maximum Gasteiger partial charge on any atom is 0.123 e. The van der Waals surface area contributed by atoms with Crippen molar-refractivity contribution in [3.63, 3.8) is 0 Å². The lowest BCUT2D eigenvalue weighted by atomic mass is 10.2. The number of benzene rings is 1. The summed E-state index contributed by atoms with van der Waals surface area (Å²) < 4.78 is 6.94.